The third-order valence-electron chi connectivity index (χ3n) is 0.408. The molecule has 1 nitrogen and oxygen atoms in total. The first-order valence-corrected chi connectivity index (χ1v) is 2.65. The van der Waals surface area contributed by atoms with Crippen molar-refractivity contribution in [1.29, 1.82) is 0 Å². The maximum absolute atomic E-state index is 9.67. The molecule has 0 N–H and O–H groups in total. The smallest absolute Gasteiger partial charge is 0.382 e. The molecule has 0 atom stereocenters. The molecule has 0 amide bonds. The van der Waals surface area contributed by atoms with Gasteiger partial charge < -0.3 is 4.74 Å². The van der Waals surface area contributed by atoms with Gasteiger partial charge in [-0.25, -0.2) is 0 Å². The molecule has 0 heterocycles. The molecule has 0 unspecified atom stereocenters. The molecule has 0 bridgehead atoms. The monoisotopic (exact) mass is 142 g/mol. The van der Waals surface area contributed by atoms with Gasteiger partial charge in [-0.3, -0.25) is 12.9 Å². The Hall–Kier alpha value is -0.185. The molecule has 0 aliphatic rings. The van der Waals surface area contributed by atoms with Crippen LogP contribution in [0.15, 0.2) is 0 Å². The van der Waals surface area contributed by atoms with E-state index in [2.05, 4.69) is 0 Å². The van der Waals surface area contributed by atoms with Crippen molar-refractivity contribution in [2.24, 2.45) is 0 Å². The van der Waals surface area contributed by atoms with E-state index in [1.807, 2.05) is 13.8 Å². The van der Waals surface area contributed by atoms with Crippen LogP contribution in [0, 0.1) is 0 Å². The Morgan fingerprint density at radius 1 is 1.11 bits per heavy atom. The Morgan fingerprint density at radius 3 is 1.33 bits per heavy atom. The summed E-state index contributed by atoms with van der Waals surface area (Å²) in [6, 6.07) is 0. The van der Waals surface area contributed by atoms with Gasteiger partial charge in [0, 0.05) is 13.2 Å². The first kappa shape index (κ1) is 11.6. The average molecular weight is 142 g/mol. The summed E-state index contributed by atoms with van der Waals surface area (Å²) in [4.78, 5) is 0. The van der Waals surface area contributed by atoms with E-state index >= 15 is 0 Å². The van der Waals surface area contributed by atoms with Gasteiger partial charge in [0.2, 0.25) is 0 Å². The lowest BCUT2D eigenvalue weighted by Crippen LogP contribution is -1.84. The van der Waals surface area contributed by atoms with E-state index in [0.29, 0.717) is 0 Å². The van der Waals surface area contributed by atoms with E-state index in [1.165, 1.54) is 0 Å². The zero-order valence-electron chi connectivity index (χ0n) is 5.53. The van der Waals surface area contributed by atoms with Crippen LogP contribution in [-0.2, 0) is 4.74 Å². The Balaban J connectivity index is 0. The fraction of sp³-hybridized carbons (Fsp3) is 1.00. The van der Waals surface area contributed by atoms with Crippen LogP contribution < -0.4 is 0 Å². The van der Waals surface area contributed by atoms with Gasteiger partial charge in [-0.15, -0.1) is 0 Å². The maximum Gasteiger partial charge on any atom is 0.762 e. The maximum atomic E-state index is 9.67. The second-order valence-electron chi connectivity index (χ2n) is 1.03. The lowest BCUT2D eigenvalue weighted by molar-refractivity contribution is 0.162. The lowest BCUT2D eigenvalue weighted by Gasteiger charge is -1.86. The molecular formula is C4H10BF3O. The predicted molar refractivity (Wildman–Crippen MR) is 31.2 cm³/mol. The summed E-state index contributed by atoms with van der Waals surface area (Å²) in [5, 5.41) is 0. The molecule has 5 heteroatoms. The molecule has 0 rings (SSSR count). The van der Waals surface area contributed by atoms with E-state index in [0.717, 1.165) is 13.2 Å². The summed E-state index contributed by atoms with van der Waals surface area (Å²) in [5.74, 6) is 0. The Morgan fingerprint density at radius 2 is 1.33 bits per heavy atom. The van der Waals surface area contributed by atoms with Gasteiger partial charge in [0.25, 0.3) is 0 Å². The molecule has 0 aliphatic heterocycles. The van der Waals surface area contributed by atoms with Gasteiger partial charge in [-0.1, -0.05) is 0 Å². The van der Waals surface area contributed by atoms with Crippen LogP contribution in [0.5, 0.6) is 0 Å². The molecule has 0 aliphatic carbocycles. The van der Waals surface area contributed by atoms with Crippen molar-refractivity contribution in [3.63, 3.8) is 0 Å². The molecule has 0 fully saturated rings. The number of hydrogen-bond acceptors (Lipinski definition) is 1. The highest BCUT2D eigenvalue weighted by Gasteiger charge is 2.06. The minimum atomic E-state index is -3.67. The van der Waals surface area contributed by atoms with Crippen molar-refractivity contribution in [2.75, 3.05) is 13.2 Å². The van der Waals surface area contributed by atoms with Crippen molar-refractivity contribution in [2.45, 2.75) is 13.8 Å². The number of rotatable bonds is 2. The van der Waals surface area contributed by atoms with Crippen molar-refractivity contribution >= 4 is 7.54 Å². The summed E-state index contributed by atoms with van der Waals surface area (Å²) in [7, 11) is -3.67. The predicted octanol–water partition coefficient (Wildman–Crippen LogP) is 1.92. The fourth-order valence-corrected chi connectivity index (χ4v) is 0.204. The Bertz CT molecular complexity index is 40.0. The SMILES string of the molecule is CCOCC.FB(F)F. The molecule has 0 spiro atoms. The van der Waals surface area contributed by atoms with Crippen molar-refractivity contribution < 1.29 is 17.7 Å². The number of halogens is 3. The lowest BCUT2D eigenvalue weighted by atomic mass is 10.5. The van der Waals surface area contributed by atoms with E-state index in [4.69, 9.17) is 4.74 Å². The highest BCUT2D eigenvalue weighted by molar-refractivity contribution is 6.33. The van der Waals surface area contributed by atoms with E-state index < -0.39 is 7.54 Å². The topological polar surface area (TPSA) is 9.23 Å². The standard InChI is InChI=1S/C4H10O.BF3/c1-3-5-4-2;2-1(3)4/h3-4H2,1-2H3;. The highest BCUT2D eigenvalue weighted by Crippen LogP contribution is 1.80. The van der Waals surface area contributed by atoms with Crippen LogP contribution in [0.25, 0.3) is 0 Å². The van der Waals surface area contributed by atoms with Crippen LogP contribution in [0.4, 0.5) is 12.9 Å². The van der Waals surface area contributed by atoms with Gasteiger partial charge in [-0.2, -0.15) is 0 Å². The minimum absolute atomic E-state index is 0.844. The second kappa shape index (κ2) is 10.7. The summed E-state index contributed by atoms with van der Waals surface area (Å²) in [6.45, 7) is 5.67. The zero-order valence-corrected chi connectivity index (χ0v) is 5.53. The van der Waals surface area contributed by atoms with E-state index in [-0.39, 0.29) is 0 Å². The molecule has 0 saturated carbocycles. The molecule has 0 aromatic carbocycles. The Labute approximate surface area is 53.4 Å². The highest BCUT2D eigenvalue weighted by atomic mass is 19.4. The van der Waals surface area contributed by atoms with Crippen LogP contribution in [0.1, 0.15) is 13.8 Å². The number of ether oxygens (including phenoxy) is 1. The van der Waals surface area contributed by atoms with Crippen LogP contribution in [0.2, 0.25) is 0 Å². The van der Waals surface area contributed by atoms with Crippen LogP contribution >= 0.6 is 0 Å². The van der Waals surface area contributed by atoms with Crippen molar-refractivity contribution in [3.05, 3.63) is 0 Å². The van der Waals surface area contributed by atoms with Crippen molar-refractivity contribution in [1.82, 2.24) is 0 Å². The molecule has 0 saturated heterocycles. The van der Waals surface area contributed by atoms with Crippen molar-refractivity contribution in [3.8, 4) is 0 Å². The van der Waals surface area contributed by atoms with E-state index in [9.17, 15) is 12.9 Å². The third kappa shape index (κ3) is 80.2. The van der Waals surface area contributed by atoms with Gasteiger partial charge in [0.05, 0.1) is 0 Å². The number of hydrogen-bond donors (Lipinski definition) is 0. The summed E-state index contributed by atoms with van der Waals surface area (Å²) in [5.41, 5.74) is 0. The first-order chi connectivity index (χ1) is 4.15. The van der Waals surface area contributed by atoms with Gasteiger partial charge >= 0.3 is 7.54 Å². The zero-order chi connectivity index (χ0) is 7.70. The summed E-state index contributed by atoms with van der Waals surface area (Å²) in [6.07, 6.45) is 0. The van der Waals surface area contributed by atoms with Gasteiger partial charge in [-0.05, 0) is 13.8 Å². The molecule has 0 aromatic heterocycles. The third-order valence-corrected chi connectivity index (χ3v) is 0.408. The van der Waals surface area contributed by atoms with Gasteiger partial charge in [0.1, 0.15) is 0 Å². The van der Waals surface area contributed by atoms with Crippen LogP contribution in [0.3, 0.4) is 0 Å². The minimum Gasteiger partial charge on any atom is -0.382 e. The van der Waals surface area contributed by atoms with E-state index in [1.54, 1.807) is 0 Å². The summed E-state index contributed by atoms with van der Waals surface area (Å²) < 4.78 is 33.8. The van der Waals surface area contributed by atoms with Crippen LogP contribution in [-0.4, -0.2) is 20.8 Å². The fourth-order valence-electron chi connectivity index (χ4n) is 0.204. The molecule has 0 radical (unpaired) electrons. The quantitative estimate of drug-likeness (QED) is 0.535. The summed E-state index contributed by atoms with van der Waals surface area (Å²) >= 11 is 0. The normalized spacial score (nSPS) is 7.67. The largest absolute Gasteiger partial charge is 0.762 e. The Kier molecular flexibility index (Phi) is 13.8. The van der Waals surface area contributed by atoms with Gasteiger partial charge in [0.15, 0.2) is 0 Å². The molecular weight excluding hydrogens is 132 g/mol. The average Bonchev–Trinajstić information content (AvgIpc) is 1.66. The molecule has 56 valence electrons. The molecule has 0 aromatic rings. The second-order valence-corrected chi connectivity index (χ2v) is 1.03. The molecule has 9 heavy (non-hydrogen) atoms. The first-order valence-electron chi connectivity index (χ1n) is 2.65.